The lowest BCUT2D eigenvalue weighted by Crippen LogP contribution is -2.24. The van der Waals surface area contributed by atoms with Gasteiger partial charge >= 0.3 is 0 Å². The number of hydrogen-bond donors (Lipinski definition) is 1. The maximum atomic E-state index is 11.8. The summed E-state index contributed by atoms with van der Waals surface area (Å²) in [6.07, 6.45) is 2.36. The van der Waals surface area contributed by atoms with E-state index in [0.29, 0.717) is 35.5 Å². The Morgan fingerprint density at radius 3 is 2.88 bits per heavy atom. The topological polar surface area (TPSA) is 38.3 Å². The Morgan fingerprint density at radius 2 is 2.29 bits per heavy atom. The van der Waals surface area contributed by atoms with Crippen molar-refractivity contribution < 1.29 is 9.53 Å². The van der Waals surface area contributed by atoms with Crippen LogP contribution in [0.2, 0.25) is 5.02 Å². The fraction of sp³-hybridized carbons (Fsp3) is 0.462. The normalized spacial score (nSPS) is 14.7. The van der Waals surface area contributed by atoms with Crippen LogP contribution in [0.1, 0.15) is 30.1 Å². The SMILES string of the molecule is CCOc1ccc(C(=O)CNC2CC2)cc1Cl. The van der Waals surface area contributed by atoms with Crippen LogP contribution in [-0.4, -0.2) is 25.0 Å². The van der Waals surface area contributed by atoms with Crippen molar-refractivity contribution in [2.45, 2.75) is 25.8 Å². The average Bonchev–Trinajstić information content (AvgIpc) is 3.13. The van der Waals surface area contributed by atoms with Gasteiger partial charge in [0.2, 0.25) is 0 Å². The Hall–Kier alpha value is -1.06. The van der Waals surface area contributed by atoms with E-state index in [1.165, 1.54) is 12.8 Å². The first-order valence-corrected chi connectivity index (χ1v) is 6.27. The molecule has 1 aliphatic rings. The Bertz CT molecular complexity index is 416. The number of ether oxygens (including phenoxy) is 1. The number of Topliss-reactive ketones (excluding diaryl/α,β-unsaturated/α-hetero) is 1. The first kappa shape index (κ1) is 12.4. The van der Waals surface area contributed by atoms with Crippen molar-refractivity contribution in [3.05, 3.63) is 28.8 Å². The molecule has 1 aromatic carbocycles. The molecule has 0 aromatic heterocycles. The van der Waals surface area contributed by atoms with E-state index >= 15 is 0 Å². The molecule has 0 atom stereocenters. The molecule has 0 bridgehead atoms. The van der Waals surface area contributed by atoms with Gasteiger partial charge < -0.3 is 10.1 Å². The molecular formula is C13H16ClNO2. The molecule has 1 fully saturated rings. The average molecular weight is 254 g/mol. The second kappa shape index (κ2) is 5.52. The number of ketones is 1. The molecule has 3 nitrogen and oxygen atoms in total. The molecule has 1 aromatic rings. The summed E-state index contributed by atoms with van der Waals surface area (Å²) in [5.41, 5.74) is 0.631. The minimum Gasteiger partial charge on any atom is -0.492 e. The molecule has 0 aliphatic heterocycles. The van der Waals surface area contributed by atoms with Gasteiger partial charge in [-0.1, -0.05) is 11.6 Å². The van der Waals surface area contributed by atoms with Gasteiger partial charge in [0.25, 0.3) is 0 Å². The van der Waals surface area contributed by atoms with Gasteiger partial charge in [0.1, 0.15) is 5.75 Å². The zero-order chi connectivity index (χ0) is 12.3. The Kier molecular flexibility index (Phi) is 4.02. The standard InChI is InChI=1S/C13H16ClNO2/c1-2-17-13-6-3-9(7-11(13)14)12(16)8-15-10-4-5-10/h3,6-7,10,15H,2,4-5,8H2,1H3. The highest BCUT2D eigenvalue weighted by atomic mass is 35.5. The van der Waals surface area contributed by atoms with Crippen molar-refractivity contribution in [2.75, 3.05) is 13.2 Å². The number of carbonyl (C=O) groups is 1. The van der Waals surface area contributed by atoms with Crippen molar-refractivity contribution in [2.24, 2.45) is 0 Å². The van der Waals surface area contributed by atoms with Crippen LogP contribution in [-0.2, 0) is 0 Å². The lowest BCUT2D eigenvalue weighted by Gasteiger charge is -2.07. The van der Waals surface area contributed by atoms with E-state index in [4.69, 9.17) is 16.3 Å². The zero-order valence-electron chi connectivity index (χ0n) is 9.83. The molecule has 0 radical (unpaired) electrons. The number of hydrogen-bond acceptors (Lipinski definition) is 3. The Labute approximate surface area is 106 Å². The summed E-state index contributed by atoms with van der Waals surface area (Å²) < 4.78 is 5.32. The third-order valence-electron chi connectivity index (χ3n) is 2.68. The molecule has 0 saturated heterocycles. The van der Waals surface area contributed by atoms with Crippen LogP contribution < -0.4 is 10.1 Å². The molecule has 1 aliphatic carbocycles. The van der Waals surface area contributed by atoms with Gasteiger partial charge in [-0.05, 0) is 38.0 Å². The van der Waals surface area contributed by atoms with Gasteiger partial charge in [0, 0.05) is 11.6 Å². The minimum absolute atomic E-state index is 0.0712. The first-order chi connectivity index (χ1) is 8.20. The molecule has 0 heterocycles. The van der Waals surface area contributed by atoms with Gasteiger partial charge in [-0.15, -0.1) is 0 Å². The number of benzene rings is 1. The molecule has 0 amide bonds. The largest absolute Gasteiger partial charge is 0.492 e. The molecule has 1 saturated carbocycles. The predicted molar refractivity (Wildman–Crippen MR) is 68.0 cm³/mol. The van der Waals surface area contributed by atoms with Crippen molar-refractivity contribution in [1.29, 1.82) is 0 Å². The molecule has 2 rings (SSSR count). The smallest absolute Gasteiger partial charge is 0.176 e. The highest BCUT2D eigenvalue weighted by molar-refractivity contribution is 6.32. The van der Waals surface area contributed by atoms with Gasteiger partial charge in [0.15, 0.2) is 5.78 Å². The molecule has 0 spiro atoms. The van der Waals surface area contributed by atoms with Gasteiger partial charge in [-0.3, -0.25) is 4.79 Å². The van der Waals surface area contributed by atoms with Crippen molar-refractivity contribution in [3.8, 4) is 5.75 Å². The van der Waals surface area contributed by atoms with E-state index in [9.17, 15) is 4.79 Å². The third-order valence-corrected chi connectivity index (χ3v) is 2.98. The fourth-order valence-electron chi connectivity index (χ4n) is 1.57. The third kappa shape index (κ3) is 3.45. The van der Waals surface area contributed by atoms with Crippen molar-refractivity contribution >= 4 is 17.4 Å². The quantitative estimate of drug-likeness (QED) is 0.793. The van der Waals surface area contributed by atoms with Gasteiger partial charge in [-0.25, -0.2) is 0 Å². The highest BCUT2D eigenvalue weighted by Crippen LogP contribution is 2.25. The monoisotopic (exact) mass is 253 g/mol. The zero-order valence-corrected chi connectivity index (χ0v) is 10.6. The second-order valence-corrected chi connectivity index (χ2v) is 4.56. The van der Waals surface area contributed by atoms with Crippen molar-refractivity contribution in [1.82, 2.24) is 5.32 Å². The molecule has 92 valence electrons. The van der Waals surface area contributed by atoms with Crippen LogP contribution in [0.3, 0.4) is 0 Å². The summed E-state index contributed by atoms with van der Waals surface area (Å²) in [6.45, 7) is 2.85. The summed E-state index contributed by atoms with van der Waals surface area (Å²) in [5.74, 6) is 0.697. The summed E-state index contributed by atoms with van der Waals surface area (Å²) in [4.78, 5) is 11.8. The molecule has 4 heteroatoms. The number of halogens is 1. The summed E-state index contributed by atoms with van der Waals surface area (Å²) in [6, 6.07) is 5.71. The first-order valence-electron chi connectivity index (χ1n) is 5.89. The highest BCUT2D eigenvalue weighted by Gasteiger charge is 2.21. The van der Waals surface area contributed by atoms with E-state index < -0.39 is 0 Å². The summed E-state index contributed by atoms with van der Waals surface area (Å²) >= 11 is 6.03. The molecule has 17 heavy (non-hydrogen) atoms. The molecule has 1 N–H and O–H groups in total. The van der Waals surface area contributed by atoms with Crippen LogP contribution in [0.4, 0.5) is 0 Å². The van der Waals surface area contributed by atoms with Crippen LogP contribution in [0.15, 0.2) is 18.2 Å². The minimum atomic E-state index is 0.0712. The maximum Gasteiger partial charge on any atom is 0.176 e. The Morgan fingerprint density at radius 1 is 1.53 bits per heavy atom. The van der Waals surface area contributed by atoms with Crippen LogP contribution in [0.5, 0.6) is 5.75 Å². The summed E-state index contributed by atoms with van der Waals surface area (Å²) in [7, 11) is 0. The Balaban J connectivity index is 1.99. The molecular weight excluding hydrogens is 238 g/mol. The number of carbonyl (C=O) groups excluding carboxylic acids is 1. The van der Waals surface area contributed by atoms with Gasteiger partial charge in [-0.2, -0.15) is 0 Å². The van der Waals surface area contributed by atoms with Crippen LogP contribution in [0.25, 0.3) is 0 Å². The summed E-state index contributed by atoms with van der Waals surface area (Å²) in [5, 5.41) is 3.68. The molecule has 0 unspecified atom stereocenters. The fourth-order valence-corrected chi connectivity index (χ4v) is 1.81. The predicted octanol–water partition coefficient (Wildman–Crippen LogP) is 2.67. The lowest BCUT2D eigenvalue weighted by atomic mass is 10.1. The van der Waals surface area contributed by atoms with E-state index in [0.717, 1.165) is 0 Å². The van der Waals surface area contributed by atoms with E-state index in [2.05, 4.69) is 5.32 Å². The number of rotatable bonds is 6. The van der Waals surface area contributed by atoms with E-state index in [1.54, 1.807) is 18.2 Å². The van der Waals surface area contributed by atoms with Gasteiger partial charge in [0.05, 0.1) is 18.2 Å². The van der Waals surface area contributed by atoms with Crippen LogP contribution >= 0.6 is 11.6 Å². The van der Waals surface area contributed by atoms with E-state index in [1.807, 2.05) is 6.92 Å². The second-order valence-electron chi connectivity index (χ2n) is 4.16. The number of nitrogens with one attached hydrogen (secondary N) is 1. The lowest BCUT2D eigenvalue weighted by molar-refractivity contribution is 0.0990. The van der Waals surface area contributed by atoms with Crippen LogP contribution in [0, 0.1) is 0 Å². The van der Waals surface area contributed by atoms with Crippen molar-refractivity contribution in [3.63, 3.8) is 0 Å². The van der Waals surface area contributed by atoms with E-state index in [-0.39, 0.29) is 5.78 Å². The maximum absolute atomic E-state index is 11.8.